The van der Waals surface area contributed by atoms with Gasteiger partial charge in [-0.2, -0.15) is 0 Å². The third-order valence-corrected chi connectivity index (χ3v) is 5.32. The highest BCUT2D eigenvalue weighted by molar-refractivity contribution is 5.81. The molecule has 0 aliphatic carbocycles. The number of fused-ring (bicyclic) bond motifs is 1. The van der Waals surface area contributed by atoms with Crippen molar-refractivity contribution >= 4 is 5.91 Å². The van der Waals surface area contributed by atoms with Crippen LogP contribution in [0.25, 0.3) is 0 Å². The molecule has 2 aliphatic rings. The summed E-state index contributed by atoms with van der Waals surface area (Å²) in [5.74, 6) is 0.499. The van der Waals surface area contributed by atoms with Crippen molar-refractivity contribution in [3.05, 3.63) is 54.2 Å². The van der Waals surface area contributed by atoms with E-state index < -0.39 is 0 Å². The Balaban J connectivity index is 1.23. The average molecular weight is 355 g/mol. The first-order chi connectivity index (χ1) is 12.8. The fourth-order valence-corrected chi connectivity index (χ4v) is 3.92. The summed E-state index contributed by atoms with van der Waals surface area (Å²) < 4.78 is 11.2. The largest absolute Gasteiger partial charge is 0.472 e. The first-order valence-electron chi connectivity index (χ1n) is 9.34. The van der Waals surface area contributed by atoms with E-state index in [0.717, 1.165) is 44.6 Å². The zero-order valence-corrected chi connectivity index (χ0v) is 14.8. The van der Waals surface area contributed by atoms with Gasteiger partial charge in [0.05, 0.1) is 18.6 Å². The summed E-state index contributed by atoms with van der Waals surface area (Å²) in [6.45, 7) is 3.40. The monoisotopic (exact) mass is 355 g/mol. The Bertz CT molecular complexity index is 704. The van der Waals surface area contributed by atoms with Crippen molar-refractivity contribution in [3.63, 3.8) is 0 Å². The van der Waals surface area contributed by atoms with Gasteiger partial charge in [-0.1, -0.05) is 6.07 Å². The van der Waals surface area contributed by atoms with Gasteiger partial charge >= 0.3 is 0 Å². The molecule has 4 heterocycles. The molecular formula is C20H25N3O3. The molecule has 0 radical (unpaired) electrons. The molecule has 2 saturated heterocycles. The van der Waals surface area contributed by atoms with Crippen LogP contribution >= 0.6 is 0 Å². The van der Waals surface area contributed by atoms with Crippen LogP contribution in [-0.4, -0.2) is 47.6 Å². The number of nitrogens with one attached hydrogen (secondary N) is 1. The van der Waals surface area contributed by atoms with Crippen LogP contribution in [0.5, 0.6) is 0 Å². The maximum atomic E-state index is 12.4. The first-order valence-corrected chi connectivity index (χ1v) is 9.34. The van der Waals surface area contributed by atoms with Crippen molar-refractivity contribution in [3.8, 4) is 0 Å². The number of ether oxygens (including phenoxy) is 1. The smallest absolute Gasteiger partial charge is 0.249 e. The van der Waals surface area contributed by atoms with Crippen LogP contribution in [0.1, 0.15) is 24.1 Å². The number of hydrogen-bond acceptors (Lipinski definition) is 5. The standard InChI is InChI=1S/C20H25N3O3/c24-20(22-8-4-17-3-1-2-7-21-17)18-11-16-5-9-23(13-19(16)26-18)12-15-6-10-25-14-15/h1-3,6-7,10,14,16,18-19H,4-5,8-9,11-13H2,(H,22,24)/t16-,18+,19+/m0/s1. The third-order valence-electron chi connectivity index (χ3n) is 5.32. The van der Waals surface area contributed by atoms with Crippen LogP contribution in [0.2, 0.25) is 0 Å². The molecule has 0 bridgehead atoms. The molecular weight excluding hydrogens is 330 g/mol. The fraction of sp³-hybridized carbons (Fsp3) is 0.500. The Morgan fingerprint density at radius 1 is 1.35 bits per heavy atom. The summed E-state index contributed by atoms with van der Waals surface area (Å²) in [5, 5.41) is 3.00. The van der Waals surface area contributed by atoms with Gasteiger partial charge in [-0.05, 0) is 43.5 Å². The van der Waals surface area contributed by atoms with Gasteiger partial charge in [-0.25, -0.2) is 0 Å². The van der Waals surface area contributed by atoms with Crippen LogP contribution in [0.4, 0.5) is 0 Å². The SMILES string of the molecule is O=C(NCCc1ccccn1)[C@H]1C[C@@H]2CCN(Cc3ccoc3)C[C@H]2O1. The summed E-state index contributed by atoms with van der Waals surface area (Å²) in [7, 11) is 0. The summed E-state index contributed by atoms with van der Waals surface area (Å²) in [6, 6.07) is 7.83. The van der Waals surface area contributed by atoms with E-state index in [1.54, 1.807) is 18.7 Å². The van der Waals surface area contributed by atoms with E-state index in [4.69, 9.17) is 9.15 Å². The Kier molecular flexibility index (Phi) is 5.32. The molecule has 26 heavy (non-hydrogen) atoms. The number of carbonyl (C=O) groups excluding carboxylic acids is 1. The quantitative estimate of drug-likeness (QED) is 0.859. The minimum absolute atomic E-state index is 0.0108. The predicted molar refractivity (Wildman–Crippen MR) is 96.3 cm³/mol. The molecule has 3 atom stereocenters. The highest BCUT2D eigenvalue weighted by Crippen LogP contribution is 2.33. The van der Waals surface area contributed by atoms with Gasteiger partial charge in [-0.15, -0.1) is 0 Å². The van der Waals surface area contributed by atoms with Crippen molar-refractivity contribution in [1.29, 1.82) is 0 Å². The van der Waals surface area contributed by atoms with Gasteiger partial charge in [0, 0.05) is 43.5 Å². The lowest BCUT2D eigenvalue weighted by Crippen LogP contribution is -2.42. The second kappa shape index (κ2) is 8.01. The van der Waals surface area contributed by atoms with Crippen molar-refractivity contribution in [1.82, 2.24) is 15.2 Å². The highest BCUT2D eigenvalue weighted by atomic mass is 16.5. The predicted octanol–water partition coefficient (Wildman–Crippen LogP) is 2.01. The molecule has 6 heteroatoms. The van der Waals surface area contributed by atoms with E-state index in [0.29, 0.717) is 12.5 Å². The zero-order chi connectivity index (χ0) is 17.8. The van der Waals surface area contributed by atoms with Gasteiger partial charge in [-0.3, -0.25) is 14.7 Å². The van der Waals surface area contributed by atoms with Gasteiger partial charge in [0.2, 0.25) is 5.91 Å². The molecule has 0 saturated carbocycles. The maximum absolute atomic E-state index is 12.4. The molecule has 2 aromatic heterocycles. The van der Waals surface area contributed by atoms with Gasteiger partial charge in [0.15, 0.2) is 0 Å². The summed E-state index contributed by atoms with van der Waals surface area (Å²) in [4.78, 5) is 19.1. The van der Waals surface area contributed by atoms with Gasteiger partial charge in [0.1, 0.15) is 6.10 Å². The Labute approximate surface area is 153 Å². The van der Waals surface area contributed by atoms with E-state index in [2.05, 4.69) is 15.2 Å². The lowest BCUT2D eigenvalue weighted by molar-refractivity contribution is -0.132. The minimum Gasteiger partial charge on any atom is -0.472 e. The Morgan fingerprint density at radius 3 is 3.12 bits per heavy atom. The molecule has 2 fully saturated rings. The number of rotatable bonds is 6. The maximum Gasteiger partial charge on any atom is 0.249 e. The van der Waals surface area contributed by atoms with E-state index in [9.17, 15) is 4.79 Å². The van der Waals surface area contributed by atoms with E-state index in [1.165, 1.54) is 5.56 Å². The van der Waals surface area contributed by atoms with Crippen molar-refractivity contribution in [2.24, 2.45) is 5.92 Å². The first kappa shape index (κ1) is 17.2. The second-order valence-corrected chi connectivity index (χ2v) is 7.18. The normalized spacial score (nSPS) is 25.8. The molecule has 0 unspecified atom stereocenters. The fourth-order valence-electron chi connectivity index (χ4n) is 3.92. The van der Waals surface area contributed by atoms with E-state index >= 15 is 0 Å². The highest BCUT2D eigenvalue weighted by Gasteiger charge is 2.41. The summed E-state index contributed by atoms with van der Waals surface area (Å²) in [5.41, 5.74) is 2.17. The number of pyridine rings is 1. The molecule has 0 spiro atoms. The molecule has 1 N–H and O–H groups in total. The number of aromatic nitrogens is 1. The van der Waals surface area contributed by atoms with Gasteiger partial charge in [0.25, 0.3) is 0 Å². The van der Waals surface area contributed by atoms with Crippen molar-refractivity contribution in [2.75, 3.05) is 19.6 Å². The molecule has 2 aromatic rings. The number of piperidine rings is 1. The number of amides is 1. The molecule has 4 rings (SSSR count). The Hall–Kier alpha value is -2.18. The van der Waals surface area contributed by atoms with E-state index in [-0.39, 0.29) is 18.1 Å². The topological polar surface area (TPSA) is 67.6 Å². The number of likely N-dealkylation sites (tertiary alicyclic amines) is 1. The van der Waals surface area contributed by atoms with Crippen molar-refractivity contribution in [2.45, 2.75) is 38.0 Å². The van der Waals surface area contributed by atoms with Crippen LogP contribution in [-0.2, 0) is 22.5 Å². The lowest BCUT2D eigenvalue weighted by Gasteiger charge is -2.33. The zero-order valence-electron chi connectivity index (χ0n) is 14.8. The Morgan fingerprint density at radius 2 is 2.31 bits per heavy atom. The summed E-state index contributed by atoms with van der Waals surface area (Å²) in [6.07, 6.45) is 7.77. The molecule has 0 aromatic carbocycles. The minimum atomic E-state index is -0.317. The average Bonchev–Trinajstić information content (AvgIpc) is 3.32. The molecule has 1 amide bonds. The molecule has 2 aliphatic heterocycles. The van der Waals surface area contributed by atoms with Crippen LogP contribution in [0, 0.1) is 5.92 Å². The van der Waals surface area contributed by atoms with Crippen LogP contribution in [0.3, 0.4) is 0 Å². The number of nitrogens with zero attached hydrogens (tertiary/aromatic N) is 2. The number of carbonyl (C=O) groups is 1. The lowest BCUT2D eigenvalue weighted by atomic mass is 9.91. The molecule has 6 nitrogen and oxygen atoms in total. The summed E-state index contributed by atoms with van der Waals surface area (Å²) >= 11 is 0. The number of hydrogen-bond donors (Lipinski definition) is 1. The molecule has 138 valence electrons. The van der Waals surface area contributed by atoms with Crippen LogP contribution in [0.15, 0.2) is 47.4 Å². The van der Waals surface area contributed by atoms with Crippen LogP contribution < -0.4 is 5.32 Å². The van der Waals surface area contributed by atoms with Gasteiger partial charge < -0.3 is 14.5 Å². The van der Waals surface area contributed by atoms with E-state index in [1.807, 2.05) is 24.3 Å². The van der Waals surface area contributed by atoms with Crippen molar-refractivity contribution < 1.29 is 13.9 Å². The second-order valence-electron chi connectivity index (χ2n) is 7.18. The number of furan rings is 1. The third kappa shape index (κ3) is 4.14.